The van der Waals surface area contributed by atoms with E-state index < -0.39 is 0 Å². The molecule has 0 bridgehead atoms. The number of nitrogens with zero attached hydrogens (tertiary/aromatic N) is 2. The minimum absolute atomic E-state index is 0.356. The predicted molar refractivity (Wildman–Crippen MR) is 72.0 cm³/mol. The summed E-state index contributed by atoms with van der Waals surface area (Å²) < 4.78 is 5.64. The van der Waals surface area contributed by atoms with Crippen LogP contribution in [0.2, 0.25) is 0 Å². The van der Waals surface area contributed by atoms with Gasteiger partial charge in [0.1, 0.15) is 17.4 Å². The van der Waals surface area contributed by atoms with E-state index in [1.54, 1.807) is 24.0 Å². The molecule has 0 aliphatic rings. The van der Waals surface area contributed by atoms with E-state index in [1.807, 2.05) is 37.4 Å². The van der Waals surface area contributed by atoms with Crippen molar-refractivity contribution < 1.29 is 4.74 Å². The number of hydrogen-bond donors (Lipinski definition) is 0. The molecular weight excluding hydrogens is 244 g/mol. The molecule has 90 valence electrons. The standard InChI is InChI=1S/C14H12N2OS/c1-10-7-8-16-14(13(10)9-15)17-11-3-5-12(18-2)6-4-11/h3-8H,1-2H3. The SMILES string of the molecule is CSc1ccc(Oc2nccc(C)c2C#N)cc1. The Labute approximate surface area is 110 Å². The molecule has 18 heavy (non-hydrogen) atoms. The first kappa shape index (κ1) is 12.5. The van der Waals surface area contributed by atoms with Crippen LogP contribution >= 0.6 is 11.8 Å². The molecule has 0 saturated carbocycles. The maximum Gasteiger partial charge on any atom is 0.237 e. The van der Waals surface area contributed by atoms with Crippen LogP contribution in [0.4, 0.5) is 0 Å². The summed E-state index contributed by atoms with van der Waals surface area (Å²) in [4.78, 5) is 5.27. The second kappa shape index (κ2) is 5.56. The number of aromatic nitrogens is 1. The van der Waals surface area contributed by atoms with E-state index in [4.69, 9.17) is 10.00 Å². The number of ether oxygens (including phenoxy) is 1. The molecule has 1 heterocycles. The van der Waals surface area contributed by atoms with Crippen LogP contribution in [0.3, 0.4) is 0 Å². The first-order valence-electron chi connectivity index (χ1n) is 5.42. The van der Waals surface area contributed by atoms with Gasteiger partial charge in [-0.15, -0.1) is 11.8 Å². The van der Waals surface area contributed by atoms with Crippen LogP contribution in [0.5, 0.6) is 11.6 Å². The molecule has 3 nitrogen and oxygen atoms in total. The molecule has 0 aliphatic carbocycles. The zero-order valence-corrected chi connectivity index (χ0v) is 11.0. The van der Waals surface area contributed by atoms with Crippen LogP contribution in [0.25, 0.3) is 0 Å². The second-order valence-corrected chi connectivity index (χ2v) is 4.58. The van der Waals surface area contributed by atoms with Gasteiger partial charge in [0.05, 0.1) is 0 Å². The van der Waals surface area contributed by atoms with E-state index in [0.717, 1.165) is 5.56 Å². The lowest BCUT2D eigenvalue weighted by molar-refractivity contribution is 0.460. The third-order valence-corrected chi connectivity index (χ3v) is 3.25. The molecule has 4 heteroatoms. The van der Waals surface area contributed by atoms with Crippen molar-refractivity contribution >= 4 is 11.8 Å². The Kier molecular flexibility index (Phi) is 3.85. The highest BCUT2D eigenvalue weighted by molar-refractivity contribution is 7.98. The molecule has 0 aliphatic heterocycles. The van der Waals surface area contributed by atoms with Crippen molar-refractivity contribution in [2.75, 3.05) is 6.26 Å². The van der Waals surface area contributed by atoms with Crippen LogP contribution in [0.15, 0.2) is 41.4 Å². The first-order chi connectivity index (χ1) is 8.74. The Morgan fingerprint density at radius 3 is 2.56 bits per heavy atom. The summed E-state index contributed by atoms with van der Waals surface area (Å²) in [5.74, 6) is 1.04. The van der Waals surface area contributed by atoms with Crippen LogP contribution < -0.4 is 4.74 Å². The Morgan fingerprint density at radius 1 is 1.22 bits per heavy atom. The van der Waals surface area contributed by atoms with Crippen LogP contribution in [-0.4, -0.2) is 11.2 Å². The van der Waals surface area contributed by atoms with E-state index in [1.165, 1.54) is 4.90 Å². The third-order valence-electron chi connectivity index (χ3n) is 2.51. The van der Waals surface area contributed by atoms with E-state index in [-0.39, 0.29) is 0 Å². The number of hydrogen-bond acceptors (Lipinski definition) is 4. The summed E-state index contributed by atoms with van der Waals surface area (Å²) in [6.07, 6.45) is 3.66. The lowest BCUT2D eigenvalue weighted by Crippen LogP contribution is -1.93. The molecule has 0 radical (unpaired) electrons. The Bertz CT molecular complexity index is 588. The smallest absolute Gasteiger partial charge is 0.237 e. The van der Waals surface area contributed by atoms with Crippen molar-refractivity contribution in [3.63, 3.8) is 0 Å². The van der Waals surface area contributed by atoms with Gasteiger partial charge in [-0.3, -0.25) is 0 Å². The molecule has 0 N–H and O–H groups in total. The van der Waals surface area contributed by atoms with Crippen molar-refractivity contribution in [3.05, 3.63) is 47.7 Å². The number of aryl methyl sites for hydroxylation is 1. The normalized spacial score (nSPS) is 9.83. The lowest BCUT2D eigenvalue weighted by atomic mass is 10.2. The van der Waals surface area contributed by atoms with Gasteiger partial charge in [-0.2, -0.15) is 5.26 Å². The van der Waals surface area contributed by atoms with E-state index in [9.17, 15) is 0 Å². The van der Waals surface area contributed by atoms with E-state index in [0.29, 0.717) is 17.2 Å². The van der Waals surface area contributed by atoms with Gasteiger partial charge in [-0.1, -0.05) is 0 Å². The molecule has 2 rings (SSSR count). The highest BCUT2D eigenvalue weighted by Gasteiger charge is 2.08. The fourth-order valence-corrected chi connectivity index (χ4v) is 1.91. The van der Waals surface area contributed by atoms with Crippen molar-refractivity contribution in [2.24, 2.45) is 0 Å². The second-order valence-electron chi connectivity index (χ2n) is 3.70. The van der Waals surface area contributed by atoms with Gasteiger partial charge in [0.2, 0.25) is 5.88 Å². The number of pyridine rings is 1. The molecule has 0 unspecified atom stereocenters. The minimum atomic E-state index is 0.356. The number of benzene rings is 1. The fraction of sp³-hybridized carbons (Fsp3) is 0.143. The van der Waals surface area contributed by atoms with Gasteiger partial charge >= 0.3 is 0 Å². The van der Waals surface area contributed by atoms with Crippen LogP contribution in [0, 0.1) is 18.3 Å². The van der Waals surface area contributed by atoms with Gasteiger partial charge in [0, 0.05) is 11.1 Å². The lowest BCUT2D eigenvalue weighted by Gasteiger charge is -2.07. The topological polar surface area (TPSA) is 45.9 Å². The highest BCUT2D eigenvalue weighted by atomic mass is 32.2. The first-order valence-corrected chi connectivity index (χ1v) is 6.64. The van der Waals surface area contributed by atoms with Crippen molar-refractivity contribution in [3.8, 4) is 17.7 Å². The fourth-order valence-electron chi connectivity index (χ4n) is 1.50. The average molecular weight is 256 g/mol. The monoisotopic (exact) mass is 256 g/mol. The molecule has 0 fully saturated rings. The number of nitriles is 1. The maximum atomic E-state index is 9.09. The molecule has 0 saturated heterocycles. The van der Waals surface area contributed by atoms with Gasteiger partial charge in [0.25, 0.3) is 0 Å². The molecule has 0 atom stereocenters. The van der Waals surface area contributed by atoms with Gasteiger partial charge in [0.15, 0.2) is 0 Å². The number of thioether (sulfide) groups is 1. The van der Waals surface area contributed by atoms with Gasteiger partial charge < -0.3 is 4.74 Å². The molecule has 1 aromatic heterocycles. The Hall–Kier alpha value is -1.99. The van der Waals surface area contributed by atoms with Gasteiger partial charge in [-0.25, -0.2) is 4.98 Å². The average Bonchev–Trinajstić information content (AvgIpc) is 2.40. The quantitative estimate of drug-likeness (QED) is 0.784. The van der Waals surface area contributed by atoms with E-state index in [2.05, 4.69) is 11.1 Å². The summed E-state index contributed by atoms with van der Waals surface area (Å²) in [6.45, 7) is 1.86. The van der Waals surface area contributed by atoms with Crippen LogP contribution in [-0.2, 0) is 0 Å². The molecule has 1 aromatic carbocycles. The third kappa shape index (κ3) is 2.63. The van der Waals surface area contributed by atoms with Crippen molar-refractivity contribution in [2.45, 2.75) is 11.8 Å². The van der Waals surface area contributed by atoms with Crippen molar-refractivity contribution in [1.82, 2.24) is 4.98 Å². The number of rotatable bonds is 3. The predicted octanol–water partition coefficient (Wildman–Crippen LogP) is 3.78. The van der Waals surface area contributed by atoms with E-state index >= 15 is 0 Å². The molecular formula is C14H12N2OS. The van der Waals surface area contributed by atoms with Gasteiger partial charge in [-0.05, 0) is 49.1 Å². The summed E-state index contributed by atoms with van der Waals surface area (Å²) in [5, 5.41) is 9.09. The largest absolute Gasteiger partial charge is 0.438 e. The van der Waals surface area contributed by atoms with Crippen molar-refractivity contribution in [1.29, 1.82) is 5.26 Å². The minimum Gasteiger partial charge on any atom is -0.438 e. The Morgan fingerprint density at radius 2 is 1.94 bits per heavy atom. The Balaban J connectivity index is 2.28. The van der Waals surface area contributed by atoms with Crippen LogP contribution in [0.1, 0.15) is 11.1 Å². The molecule has 0 spiro atoms. The maximum absolute atomic E-state index is 9.09. The summed E-state index contributed by atoms with van der Waals surface area (Å²) in [7, 11) is 0. The molecule has 0 amide bonds. The summed E-state index contributed by atoms with van der Waals surface area (Å²) in [5.41, 5.74) is 1.34. The summed E-state index contributed by atoms with van der Waals surface area (Å²) >= 11 is 1.67. The highest BCUT2D eigenvalue weighted by Crippen LogP contribution is 2.26. The molecule has 2 aromatic rings. The summed E-state index contributed by atoms with van der Waals surface area (Å²) in [6, 6.07) is 11.6. The zero-order chi connectivity index (χ0) is 13.0. The zero-order valence-electron chi connectivity index (χ0n) is 10.2.